The second kappa shape index (κ2) is 7.47. The maximum absolute atomic E-state index is 12.9. The smallest absolute Gasteiger partial charge is 0.357 e. The summed E-state index contributed by atoms with van der Waals surface area (Å²) in [6.45, 7) is 5.91. The number of fused-ring (bicyclic) bond motifs is 1. The number of anilines is 2. The molecule has 1 amide bonds. The molecule has 1 aliphatic heterocycles. The lowest BCUT2D eigenvalue weighted by atomic mass is 10.1. The van der Waals surface area contributed by atoms with Gasteiger partial charge in [-0.05, 0) is 32.4 Å². The van der Waals surface area contributed by atoms with Gasteiger partial charge in [0.2, 0.25) is 5.91 Å². The molecule has 0 unspecified atom stereocenters. The van der Waals surface area contributed by atoms with E-state index in [2.05, 4.69) is 4.98 Å². The zero-order valence-electron chi connectivity index (χ0n) is 16.6. The van der Waals surface area contributed by atoms with Crippen LogP contribution in [0.15, 0.2) is 48.5 Å². The number of nitrogens with zero attached hydrogens (tertiary/aromatic N) is 3. The van der Waals surface area contributed by atoms with Gasteiger partial charge in [0, 0.05) is 11.1 Å². The van der Waals surface area contributed by atoms with Crippen molar-refractivity contribution in [2.75, 3.05) is 11.5 Å². The largest absolute Gasteiger partial charge is 0.461 e. The Bertz CT molecular complexity index is 1110. The van der Waals surface area contributed by atoms with Crippen LogP contribution in [0.3, 0.4) is 0 Å². The second-order valence-electron chi connectivity index (χ2n) is 6.98. The molecule has 2 heterocycles. The minimum absolute atomic E-state index is 0.0615. The fraction of sp³-hybridized carbons (Fsp3) is 0.217. The average Bonchev–Trinajstić information content (AvgIpc) is 3.04. The molecule has 29 heavy (non-hydrogen) atoms. The van der Waals surface area contributed by atoms with Gasteiger partial charge in [-0.25, -0.2) is 14.8 Å². The quantitative estimate of drug-likeness (QED) is 0.629. The summed E-state index contributed by atoms with van der Waals surface area (Å²) in [7, 11) is 0. The zero-order valence-corrected chi connectivity index (χ0v) is 16.6. The first-order valence-corrected chi connectivity index (χ1v) is 9.53. The lowest BCUT2D eigenvalue weighted by molar-refractivity contribution is -0.116. The van der Waals surface area contributed by atoms with Crippen molar-refractivity contribution in [2.24, 2.45) is 0 Å². The molecule has 6 nitrogen and oxygen atoms in total. The highest BCUT2D eigenvalue weighted by molar-refractivity contribution is 6.09. The maximum Gasteiger partial charge on any atom is 0.357 e. The van der Waals surface area contributed by atoms with Gasteiger partial charge in [-0.3, -0.25) is 9.69 Å². The molecule has 0 atom stereocenters. The van der Waals surface area contributed by atoms with Crippen molar-refractivity contribution in [2.45, 2.75) is 27.2 Å². The van der Waals surface area contributed by atoms with Crippen LogP contribution < -0.4 is 4.90 Å². The van der Waals surface area contributed by atoms with Crippen molar-refractivity contribution < 1.29 is 14.3 Å². The van der Waals surface area contributed by atoms with Crippen LogP contribution in [-0.4, -0.2) is 28.5 Å². The number of rotatable bonds is 4. The third kappa shape index (κ3) is 3.38. The number of ether oxygens (including phenoxy) is 1. The molecular formula is C23H21N3O3. The van der Waals surface area contributed by atoms with Gasteiger partial charge in [0.1, 0.15) is 5.82 Å². The Morgan fingerprint density at radius 1 is 1.07 bits per heavy atom. The van der Waals surface area contributed by atoms with Crippen molar-refractivity contribution in [3.8, 4) is 11.4 Å². The number of hydrogen-bond donors (Lipinski definition) is 0. The van der Waals surface area contributed by atoms with Crippen molar-refractivity contribution in [3.63, 3.8) is 0 Å². The van der Waals surface area contributed by atoms with E-state index < -0.39 is 5.97 Å². The van der Waals surface area contributed by atoms with Crippen LogP contribution in [0.25, 0.3) is 11.4 Å². The van der Waals surface area contributed by atoms with Gasteiger partial charge in [0.25, 0.3) is 0 Å². The zero-order chi connectivity index (χ0) is 20.5. The molecule has 1 aliphatic rings. The summed E-state index contributed by atoms with van der Waals surface area (Å²) in [4.78, 5) is 36.3. The molecule has 6 heteroatoms. The number of hydrogen-bond acceptors (Lipinski definition) is 5. The number of aryl methyl sites for hydroxylation is 2. The van der Waals surface area contributed by atoms with Crippen molar-refractivity contribution in [1.29, 1.82) is 0 Å². The molecule has 146 valence electrons. The normalized spacial score (nSPS) is 12.8. The molecule has 0 bridgehead atoms. The number of esters is 1. The van der Waals surface area contributed by atoms with Gasteiger partial charge in [-0.2, -0.15) is 0 Å². The predicted molar refractivity (Wildman–Crippen MR) is 110 cm³/mol. The Balaban J connectivity index is 1.93. The fourth-order valence-electron chi connectivity index (χ4n) is 3.43. The average molecular weight is 387 g/mol. The van der Waals surface area contributed by atoms with E-state index >= 15 is 0 Å². The molecule has 2 aromatic carbocycles. The summed E-state index contributed by atoms with van der Waals surface area (Å²) >= 11 is 0. The van der Waals surface area contributed by atoms with Crippen molar-refractivity contribution in [1.82, 2.24) is 9.97 Å². The molecule has 4 rings (SSSR count). The lowest BCUT2D eigenvalue weighted by Crippen LogP contribution is -2.22. The minimum Gasteiger partial charge on any atom is -0.461 e. The Kier molecular flexibility index (Phi) is 4.84. The van der Waals surface area contributed by atoms with E-state index in [0.717, 1.165) is 22.4 Å². The molecule has 0 saturated heterocycles. The van der Waals surface area contributed by atoms with E-state index in [0.29, 0.717) is 17.2 Å². The van der Waals surface area contributed by atoms with Gasteiger partial charge in [-0.1, -0.05) is 48.0 Å². The number of carbonyl (C=O) groups excluding carboxylic acids is 2. The summed E-state index contributed by atoms with van der Waals surface area (Å²) in [6.07, 6.45) is 0.0615. The van der Waals surface area contributed by atoms with Crippen LogP contribution in [0.1, 0.15) is 34.1 Å². The number of amides is 1. The standard InChI is InChI=1S/C23H21N3O3/c1-4-29-23(28)20-17-13-19(27)26(18-8-6-5-7-15(18)3)22(17)25-21(24-20)16-11-9-14(2)10-12-16/h5-12H,4,13H2,1-3H3. The first-order chi connectivity index (χ1) is 14.0. The summed E-state index contributed by atoms with van der Waals surface area (Å²) in [6, 6.07) is 15.3. The number of para-hydroxylation sites is 1. The van der Waals surface area contributed by atoms with Crippen LogP contribution in [0.2, 0.25) is 0 Å². The predicted octanol–water partition coefficient (Wildman–Crippen LogP) is 4.16. The van der Waals surface area contributed by atoms with E-state index in [1.54, 1.807) is 11.8 Å². The van der Waals surface area contributed by atoms with Gasteiger partial charge in [-0.15, -0.1) is 0 Å². The summed E-state index contributed by atoms with van der Waals surface area (Å²) in [5, 5.41) is 0. The van der Waals surface area contributed by atoms with Crippen molar-refractivity contribution >= 4 is 23.4 Å². The van der Waals surface area contributed by atoms with Gasteiger partial charge >= 0.3 is 5.97 Å². The molecule has 0 aliphatic carbocycles. The molecule has 0 fully saturated rings. The molecular weight excluding hydrogens is 366 g/mol. The lowest BCUT2D eigenvalue weighted by Gasteiger charge is -2.19. The Hall–Kier alpha value is -3.54. The Morgan fingerprint density at radius 3 is 2.48 bits per heavy atom. The van der Waals surface area contributed by atoms with E-state index in [4.69, 9.17) is 9.72 Å². The van der Waals surface area contributed by atoms with Crippen LogP contribution in [-0.2, 0) is 16.0 Å². The molecule has 0 radical (unpaired) electrons. The van der Waals surface area contributed by atoms with Crippen LogP contribution in [0, 0.1) is 13.8 Å². The van der Waals surface area contributed by atoms with Crippen molar-refractivity contribution in [3.05, 3.63) is 70.9 Å². The summed E-state index contributed by atoms with van der Waals surface area (Å²) in [5.41, 5.74) is 4.23. The van der Waals surface area contributed by atoms with Gasteiger partial charge < -0.3 is 4.74 Å². The van der Waals surface area contributed by atoms with E-state index in [9.17, 15) is 9.59 Å². The van der Waals surface area contributed by atoms with Gasteiger partial charge in [0.15, 0.2) is 11.5 Å². The first kappa shape index (κ1) is 18.8. The number of carbonyl (C=O) groups is 2. The molecule has 1 aromatic heterocycles. The molecule has 3 aromatic rings. The molecule has 0 spiro atoms. The first-order valence-electron chi connectivity index (χ1n) is 9.53. The molecule has 0 saturated carbocycles. The number of aromatic nitrogens is 2. The van der Waals surface area contributed by atoms with E-state index in [1.165, 1.54) is 0 Å². The van der Waals surface area contributed by atoms with Crippen LogP contribution in [0.4, 0.5) is 11.5 Å². The highest BCUT2D eigenvalue weighted by atomic mass is 16.5. The molecule has 0 N–H and O–H groups in total. The highest BCUT2D eigenvalue weighted by Gasteiger charge is 2.36. The number of benzene rings is 2. The topological polar surface area (TPSA) is 72.4 Å². The van der Waals surface area contributed by atoms with Crippen LogP contribution >= 0.6 is 0 Å². The third-order valence-electron chi connectivity index (χ3n) is 4.91. The SMILES string of the molecule is CCOC(=O)c1nc(-c2ccc(C)cc2)nc2c1CC(=O)N2c1ccccc1C. The summed E-state index contributed by atoms with van der Waals surface area (Å²) < 4.78 is 5.20. The maximum atomic E-state index is 12.9. The Labute approximate surface area is 169 Å². The van der Waals surface area contributed by atoms with E-state index in [1.807, 2.05) is 62.4 Å². The van der Waals surface area contributed by atoms with E-state index in [-0.39, 0.29) is 24.6 Å². The van der Waals surface area contributed by atoms with Crippen LogP contribution in [0.5, 0.6) is 0 Å². The minimum atomic E-state index is -0.543. The second-order valence-corrected chi connectivity index (χ2v) is 6.98. The summed E-state index contributed by atoms with van der Waals surface area (Å²) in [5.74, 6) is 0.146. The fourth-order valence-corrected chi connectivity index (χ4v) is 3.43. The van der Waals surface area contributed by atoms with Gasteiger partial charge in [0.05, 0.1) is 18.7 Å². The Morgan fingerprint density at radius 2 is 1.79 bits per heavy atom. The monoisotopic (exact) mass is 387 g/mol. The third-order valence-corrected chi connectivity index (χ3v) is 4.91. The highest BCUT2D eigenvalue weighted by Crippen LogP contribution is 2.38.